The van der Waals surface area contributed by atoms with Crippen LogP contribution in [0.3, 0.4) is 0 Å². The highest BCUT2D eigenvalue weighted by atomic mass is 19.4. The minimum absolute atomic E-state index is 0.273. The van der Waals surface area contributed by atoms with Crippen molar-refractivity contribution in [3.63, 3.8) is 0 Å². The second kappa shape index (κ2) is 13.0. The van der Waals surface area contributed by atoms with E-state index in [1.165, 1.54) is 25.3 Å². The van der Waals surface area contributed by atoms with Gasteiger partial charge in [-0.3, -0.25) is 0 Å². The SMILES string of the molecule is C/C=C(\c1cn(C)cn1)N(Cc1ccc(F)c(CC(F)(F)F)c1)C1CCC(C)C1.CCCCC. The van der Waals surface area contributed by atoms with Crippen LogP contribution < -0.4 is 0 Å². The molecule has 0 N–H and O–H groups in total. The molecule has 1 saturated carbocycles. The van der Waals surface area contributed by atoms with Gasteiger partial charge >= 0.3 is 6.18 Å². The molecule has 0 aliphatic heterocycles. The number of hydrogen-bond donors (Lipinski definition) is 0. The van der Waals surface area contributed by atoms with E-state index in [2.05, 4.69) is 30.7 Å². The third-order valence-corrected chi connectivity index (χ3v) is 6.22. The standard InChI is InChI=1S/C22H27F4N3.C5H12/c1-4-21(20-13-28(3)14-27-20)29(18-7-5-15(2)9-18)12-16-6-8-19(23)17(10-16)11-22(24,25)26;1-3-5-4-2/h4,6,8,10,13-15,18H,5,7,9,11-12H2,1-3H3;3-5H2,1-2H3/b21-4+;. The monoisotopic (exact) mass is 481 g/mol. The lowest BCUT2D eigenvalue weighted by Crippen LogP contribution is -2.32. The van der Waals surface area contributed by atoms with Crippen molar-refractivity contribution in [3.8, 4) is 0 Å². The zero-order valence-corrected chi connectivity index (χ0v) is 21.1. The van der Waals surface area contributed by atoms with Crippen LogP contribution in [0.4, 0.5) is 17.6 Å². The maximum absolute atomic E-state index is 13.9. The first-order valence-corrected chi connectivity index (χ1v) is 12.3. The van der Waals surface area contributed by atoms with Crippen molar-refractivity contribution in [2.75, 3.05) is 0 Å². The number of alkyl halides is 3. The van der Waals surface area contributed by atoms with Gasteiger partial charge < -0.3 is 9.47 Å². The summed E-state index contributed by atoms with van der Waals surface area (Å²) < 4.78 is 54.3. The van der Waals surface area contributed by atoms with Crippen LogP contribution in [0.15, 0.2) is 36.8 Å². The Morgan fingerprint density at radius 3 is 2.38 bits per heavy atom. The Balaban J connectivity index is 0.000000739. The van der Waals surface area contributed by atoms with E-state index in [1.807, 2.05) is 30.8 Å². The van der Waals surface area contributed by atoms with Crippen LogP contribution in [-0.2, 0) is 20.0 Å². The highest BCUT2D eigenvalue weighted by Gasteiger charge is 2.31. The fraction of sp³-hybridized carbons (Fsp3) is 0.593. The second-order valence-corrected chi connectivity index (χ2v) is 9.37. The molecule has 2 unspecified atom stereocenters. The van der Waals surface area contributed by atoms with Crippen LogP contribution in [0.25, 0.3) is 5.70 Å². The van der Waals surface area contributed by atoms with Gasteiger partial charge in [0.2, 0.25) is 0 Å². The lowest BCUT2D eigenvalue weighted by Gasteiger charge is -2.33. The third-order valence-electron chi connectivity index (χ3n) is 6.22. The first-order chi connectivity index (χ1) is 16.1. The van der Waals surface area contributed by atoms with Crippen molar-refractivity contribution in [2.24, 2.45) is 13.0 Å². The number of unbranched alkanes of at least 4 members (excludes halogenated alkanes) is 2. The van der Waals surface area contributed by atoms with Gasteiger partial charge in [0.15, 0.2) is 0 Å². The van der Waals surface area contributed by atoms with Gasteiger partial charge in [-0.2, -0.15) is 13.2 Å². The summed E-state index contributed by atoms with van der Waals surface area (Å²) in [6, 6.07) is 4.34. The van der Waals surface area contributed by atoms with E-state index in [0.29, 0.717) is 18.0 Å². The van der Waals surface area contributed by atoms with Crippen LogP contribution in [0.1, 0.15) is 83.0 Å². The number of rotatable bonds is 8. The summed E-state index contributed by atoms with van der Waals surface area (Å²) in [5, 5.41) is 0. The molecule has 1 aliphatic carbocycles. The van der Waals surface area contributed by atoms with E-state index in [1.54, 1.807) is 12.4 Å². The molecule has 34 heavy (non-hydrogen) atoms. The molecule has 2 aromatic rings. The maximum atomic E-state index is 13.9. The Morgan fingerprint density at radius 2 is 1.91 bits per heavy atom. The molecule has 1 aromatic carbocycles. The van der Waals surface area contributed by atoms with Crippen molar-refractivity contribution < 1.29 is 17.6 Å². The second-order valence-electron chi connectivity index (χ2n) is 9.37. The lowest BCUT2D eigenvalue weighted by atomic mass is 10.0. The van der Waals surface area contributed by atoms with E-state index < -0.39 is 18.4 Å². The van der Waals surface area contributed by atoms with Crippen LogP contribution in [-0.4, -0.2) is 26.7 Å². The Bertz CT molecular complexity index is 915. The number of allylic oxidation sites excluding steroid dienone is 1. The Morgan fingerprint density at radius 1 is 1.21 bits per heavy atom. The molecule has 7 heteroatoms. The number of aryl methyl sites for hydroxylation is 1. The fourth-order valence-electron chi connectivity index (χ4n) is 4.51. The zero-order valence-electron chi connectivity index (χ0n) is 21.1. The first kappa shape index (κ1) is 27.9. The molecule has 190 valence electrons. The quantitative estimate of drug-likeness (QED) is 0.357. The molecular weight excluding hydrogens is 442 g/mol. The van der Waals surface area contributed by atoms with Crippen molar-refractivity contribution in [1.29, 1.82) is 0 Å². The van der Waals surface area contributed by atoms with Gasteiger partial charge in [-0.05, 0) is 49.3 Å². The molecular formula is C27H39F4N3. The molecule has 0 radical (unpaired) electrons. The molecule has 1 fully saturated rings. The van der Waals surface area contributed by atoms with Crippen LogP contribution in [0.5, 0.6) is 0 Å². The molecule has 1 heterocycles. The molecule has 1 aromatic heterocycles. The number of hydrogen-bond acceptors (Lipinski definition) is 2. The van der Waals surface area contributed by atoms with Crippen molar-refractivity contribution in [3.05, 3.63) is 59.4 Å². The normalized spacial score (nSPS) is 18.6. The van der Waals surface area contributed by atoms with E-state index in [-0.39, 0.29) is 11.6 Å². The predicted octanol–water partition coefficient (Wildman–Crippen LogP) is 7.91. The average Bonchev–Trinajstić information content (AvgIpc) is 3.38. The lowest BCUT2D eigenvalue weighted by molar-refractivity contribution is -0.127. The Hall–Kier alpha value is -2.31. The highest BCUT2D eigenvalue weighted by Crippen LogP contribution is 2.35. The third kappa shape index (κ3) is 8.48. The van der Waals surface area contributed by atoms with E-state index in [4.69, 9.17) is 0 Å². The van der Waals surface area contributed by atoms with Gasteiger partial charge in [0.1, 0.15) is 11.5 Å². The highest BCUT2D eigenvalue weighted by molar-refractivity contribution is 5.60. The van der Waals surface area contributed by atoms with Crippen LogP contribution in [0.2, 0.25) is 0 Å². The van der Waals surface area contributed by atoms with Gasteiger partial charge in [-0.15, -0.1) is 0 Å². The minimum atomic E-state index is -4.44. The number of nitrogens with zero attached hydrogens (tertiary/aromatic N) is 3. The van der Waals surface area contributed by atoms with Gasteiger partial charge in [0.25, 0.3) is 0 Å². The van der Waals surface area contributed by atoms with Gasteiger partial charge in [0.05, 0.1) is 18.4 Å². The van der Waals surface area contributed by atoms with Crippen molar-refractivity contribution in [2.45, 2.75) is 91.4 Å². The summed E-state index contributed by atoms with van der Waals surface area (Å²) in [5.74, 6) is -0.221. The number of benzene rings is 1. The average molecular weight is 482 g/mol. The van der Waals surface area contributed by atoms with Gasteiger partial charge in [-0.1, -0.05) is 58.2 Å². The van der Waals surface area contributed by atoms with Gasteiger partial charge in [0, 0.05) is 25.8 Å². The summed E-state index contributed by atoms with van der Waals surface area (Å²) >= 11 is 0. The number of aromatic nitrogens is 2. The summed E-state index contributed by atoms with van der Waals surface area (Å²) in [6.45, 7) is 8.99. The van der Waals surface area contributed by atoms with E-state index >= 15 is 0 Å². The van der Waals surface area contributed by atoms with E-state index in [0.717, 1.165) is 36.7 Å². The molecule has 0 spiro atoms. The topological polar surface area (TPSA) is 21.1 Å². The molecule has 3 nitrogen and oxygen atoms in total. The molecule has 0 amide bonds. The number of halogens is 4. The smallest absolute Gasteiger partial charge is 0.363 e. The van der Waals surface area contributed by atoms with Gasteiger partial charge in [-0.25, -0.2) is 9.37 Å². The Kier molecular flexibility index (Phi) is 10.6. The molecule has 0 bridgehead atoms. The molecule has 2 atom stereocenters. The summed E-state index contributed by atoms with van der Waals surface area (Å²) in [6.07, 6.45) is 7.17. The minimum Gasteiger partial charge on any atom is -0.363 e. The van der Waals surface area contributed by atoms with Crippen molar-refractivity contribution in [1.82, 2.24) is 14.5 Å². The van der Waals surface area contributed by atoms with E-state index in [9.17, 15) is 17.6 Å². The maximum Gasteiger partial charge on any atom is 0.393 e. The fourth-order valence-corrected chi connectivity index (χ4v) is 4.51. The summed E-state index contributed by atoms with van der Waals surface area (Å²) in [4.78, 5) is 6.68. The van der Waals surface area contributed by atoms with Crippen molar-refractivity contribution >= 4 is 5.70 Å². The summed E-state index contributed by atoms with van der Waals surface area (Å²) in [7, 11) is 1.90. The zero-order chi connectivity index (χ0) is 25.3. The predicted molar refractivity (Wildman–Crippen MR) is 131 cm³/mol. The first-order valence-electron chi connectivity index (χ1n) is 12.3. The van der Waals surface area contributed by atoms with Crippen LogP contribution in [0, 0.1) is 11.7 Å². The number of imidazole rings is 1. The van der Waals surface area contributed by atoms with Crippen LogP contribution >= 0.6 is 0 Å². The Labute approximate surface area is 201 Å². The molecule has 1 aliphatic rings. The molecule has 0 saturated heterocycles. The molecule has 3 rings (SSSR count). The largest absolute Gasteiger partial charge is 0.393 e. The summed E-state index contributed by atoms with van der Waals surface area (Å²) in [5.41, 5.74) is 2.13.